The molecule has 2 heterocycles. The zero-order valence-electron chi connectivity index (χ0n) is 9.06. The molecule has 5 nitrogen and oxygen atoms in total. The molecule has 6 heteroatoms. The summed E-state index contributed by atoms with van der Waals surface area (Å²) in [5.74, 6) is 0.0819. The summed E-state index contributed by atoms with van der Waals surface area (Å²) in [6, 6.07) is 0. The van der Waals surface area contributed by atoms with Crippen LogP contribution in [-0.2, 0) is 14.8 Å². The van der Waals surface area contributed by atoms with E-state index < -0.39 is 10.0 Å². The molecule has 0 bridgehead atoms. The van der Waals surface area contributed by atoms with E-state index in [0.29, 0.717) is 26.2 Å². The minimum atomic E-state index is -3.06. The highest BCUT2D eigenvalue weighted by Gasteiger charge is 2.50. The molecule has 0 aromatic rings. The lowest BCUT2D eigenvalue weighted by molar-refractivity contribution is -0.139. The average molecular weight is 232 g/mol. The minimum absolute atomic E-state index is 0.0503. The van der Waals surface area contributed by atoms with Crippen LogP contribution < -0.4 is 0 Å². The second-order valence-corrected chi connectivity index (χ2v) is 6.70. The summed E-state index contributed by atoms with van der Waals surface area (Å²) in [7, 11) is -3.06. The van der Waals surface area contributed by atoms with E-state index in [2.05, 4.69) is 0 Å². The molecule has 86 valence electrons. The van der Waals surface area contributed by atoms with Crippen LogP contribution in [0.4, 0.5) is 0 Å². The third-order valence-corrected chi connectivity index (χ3v) is 4.62. The first-order chi connectivity index (χ1) is 6.82. The van der Waals surface area contributed by atoms with E-state index in [1.165, 1.54) is 10.6 Å². The highest BCUT2D eigenvalue weighted by atomic mass is 32.2. The van der Waals surface area contributed by atoms with E-state index in [4.69, 9.17) is 0 Å². The molecule has 2 saturated heterocycles. The van der Waals surface area contributed by atoms with Crippen LogP contribution in [0.5, 0.6) is 0 Å². The molecule has 0 unspecified atom stereocenters. The molecule has 0 atom stereocenters. The van der Waals surface area contributed by atoms with Crippen LogP contribution in [-0.4, -0.2) is 56.0 Å². The van der Waals surface area contributed by atoms with E-state index in [1.54, 1.807) is 11.8 Å². The first-order valence-electron chi connectivity index (χ1n) is 5.03. The summed E-state index contributed by atoms with van der Waals surface area (Å²) >= 11 is 0. The van der Waals surface area contributed by atoms with Gasteiger partial charge in [0.1, 0.15) is 0 Å². The van der Waals surface area contributed by atoms with E-state index >= 15 is 0 Å². The number of rotatable bonds is 1. The molecule has 1 spiro atoms. The molecule has 15 heavy (non-hydrogen) atoms. The van der Waals surface area contributed by atoms with Crippen molar-refractivity contribution in [1.29, 1.82) is 0 Å². The van der Waals surface area contributed by atoms with Gasteiger partial charge in [0.25, 0.3) is 0 Å². The van der Waals surface area contributed by atoms with Crippen LogP contribution in [0.25, 0.3) is 0 Å². The monoisotopic (exact) mass is 232 g/mol. The van der Waals surface area contributed by atoms with Crippen molar-refractivity contribution in [2.24, 2.45) is 5.41 Å². The highest BCUT2D eigenvalue weighted by Crippen LogP contribution is 2.40. The Labute approximate surface area is 90.1 Å². The average Bonchev–Trinajstić information content (AvgIpc) is 2.43. The topological polar surface area (TPSA) is 57.7 Å². The molecule has 0 saturated carbocycles. The fraction of sp³-hybridized carbons (Fsp3) is 0.889. The summed E-state index contributed by atoms with van der Waals surface area (Å²) in [5, 5.41) is 0. The Morgan fingerprint density at radius 3 is 2.27 bits per heavy atom. The van der Waals surface area contributed by atoms with Crippen LogP contribution >= 0.6 is 0 Å². The Morgan fingerprint density at radius 2 is 1.87 bits per heavy atom. The maximum absolute atomic E-state index is 11.3. The van der Waals surface area contributed by atoms with E-state index in [9.17, 15) is 13.2 Å². The highest BCUT2D eigenvalue weighted by molar-refractivity contribution is 7.88. The number of likely N-dealkylation sites (tertiary alicyclic amines) is 1. The Bertz CT molecular complexity index is 384. The first kappa shape index (κ1) is 10.9. The lowest BCUT2D eigenvalue weighted by atomic mass is 9.79. The third kappa shape index (κ3) is 1.88. The molecular weight excluding hydrogens is 216 g/mol. The summed E-state index contributed by atoms with van der Waals surface area (Å²) in [4.78, 5) is 12.8. The number of carbonyl (C=O) groups excluding carboxylic acids is 1. The second-order valence-electron chi connectivity index (χ2n) is 4.72. The fourth-order valence-electron chi connectivity index (χ4n) is 2.42. The predicted octanol–water partition coefficient (Wildman–Crippen LogP) is -0.500. The van der Waals surface area contributed by atoms with E-state index in [-0.39, 0.29) is 11.3 Å². The third-order valence-electron chi connectivity index (χ3n) is 3.37. The maximum Gasteiger partial charge on any atom is 0.219 e. The van der Waals surface area contributed by atoms with Crippen LogP contribution in [0, 0.1) is 5.41 Å². The predicted molar refractivity (Wildman–Crippen MR) is 55.7 cm³/mol. The Kier molecular flexibility index (Phi) is 2.31. The van der Waals surface area contributed by atoms with E-state index in [0.717, 1.165) is 6.42 Å². The van der Waals surface area contributed by atoms with Crippen LogP contribution in [0.1, 0.15) is 13.3 Å². The number of amides is 1. The zero-order valence-corrected chi connectivity index (χ0v) is 9.88. The summed E-state index contributed by atoms with van der Waals surface area (Å²) in [6.45, 7) is 4.17. The van der Waals surface area contributed by atoms with Crippen LogP contribution in [0.2, 0.25) is 0 Å². The Morgan fingerprint density at radius 1 is 1.27 bits per heavy atom. The van der Waals surface area contributed by atoms with Gasteiger partial charge in [0, 0.05) is 38.5 Å². The quantitative estimate of drug-likeness (QED) is 0.612. The molecule has 0 aromatic heterocycles. The molecular formula is C9H16N2O3S. The normalized spacial score (nSPS) is 25.6. The summed E-state index contributed by atoms with van der Waals surface area (Å²) in [6.07, 6.45) is 2.12. The van der Waals surface area contributed by atoms with Crippen molar-refractivity contribution in [3.63, 3.8) is 0 Å². The number of sulfonamides is 1. The minimum Gasteiger partial charge on any atom is -0.342 e. The molecule has 2 aliphatic heterocycles. The van der Waals surface area contributed by atoms with Gasteiger partial charge in [-0.15, -0.1) is 0 Å². The van der Waals surface area contributed by atoms with E-state index in [1.807, 2.05) is 0 Å². The Balaban J connectivity index is 1.98. The van der Waals surface area contributed by atoms with Gasteiger partial charge < -0.3 is 4.90 Å². The molecule has 0 N–H and O–H groups in total. The molecule has 0 aliphatic carbocycles. The largest absolute Gasteiger partial charge is 0.342 e. The second kappa shape index (κ2) is 3.18. The summed E-state index contributed by atoms with van der Waals surface area (Å²) < 4.78 is 24.2. The first-order valence-corrected chi connectivity index (χ1v) is 6.88. The van der Waals surface area contributed by atoms with Gasteiger partial charge in [0.2, 0.25) is 15.9 Å². The van der Waals surface area contributed by atoms with Gasteiger partial charge >= 0.3 is 0 Å². The van der Waals surface area contributed by atoms with Crippen molar-refractivity contribution in [1.82, 2.24) is 9.21 Å². The van der Waals surface area contributed by atoms with Gasteiger partial charge in [0.15, 0.2) is 0 Å². The van der Waals surface area contributed by atoms with Gasteiger partial charge in [-0.05, 0) is 6.42 Å². The molecule has 0 radical (unpaired) electrons. The van der Waals surface area contributed by atoms with Gasteiger partial charge in [-0.1, -0.05) is 0 Å². The fourth-order valence-corrected chi connectivity index (χ4v) is 3.35. The smallest absolute Gasteiger partial charge is 0.219 e. The molecule has 0 aromatic carbocycles. The van der Waals surface area contributed by atoms with Crippen LogP contribution in [0.15, 0.2) is 0 Å². The van der Waals surface area contributed by atoms with Gasteiger partial charge in [-0.3, -0.25) is 4.79 Å². The van der Waals surface area contributed by atoms with Crippen molar-refractivity contribution in [2.75, 3.05) is 32.4 Å². The number of nitrogens with zero attached hydrogens (tertiary/aromatic N) is 2. The lowest BCUT2D eigenvalue weighted by Crippen LogP contribution is -2.59. The van der Waals surface area contributed by atoms with Crippen molar-refractivity contribution >= 4 is 15.9 Å². The van der Waals surface area contributed by atoms with Gasteiger partial charge in [-0.25, -0.2) is 12.7 Å². The molecule has 2 fully saturated rings. The number of carbonyl (C=O) groups is 1. The molecule has 1 amide bonds. The number of hydrogen-bond acceptors (Lipinski definition) is 3. The lowest BCUT2D eigenvalue weighted by Gasteiger charge is -2.47. The molecule has 2 aliphatic rings. The van der Waals surface area contributed by atoms with Gasteiger partial charge in [0.05, 0.1) is 6.26 Å². The SMILES string of the molecule is CC(=O)N1CC2(CCN(S(C)(=O)=O)C2)C1. The van der Waals surface area contributed by atoms with Crippen molar-refractivity contribution in [3.05, 3.63) is 0 Å². The summed E-state index contributed by atoms with van der Waals surface area (Å²) in [5.41, 5.74) is 0.0503. The van der Waals surface area contributed by atoms with Crippen molar-refractivity contribution < 1.29 is 13.2 Å². The molecule has 2 rings (SSSR count). The maximum atomic E-state index is 11.3. The van der Waals surface area contributed by atoms with Crippen molar-refractivity contribution in [3.8, 4) is 0 Å². The van der Waals surface area contributed by atoms with Gasteiger partial charge in [-0.2, -0.15) is 0 Å². The zero-order chi connectivity index (χ0) is 11.3. The van der Waals surface area contributed by atoms with Crippen molar-refractivity contribution in [2.45, 2.75) is 13.3 Å². The van der Waals surface area contributed by atoms with Crippen LogP contribution in [0.3, 0.4) is 0 Å². The Hall–Kier alpha value is -0.620. The number of hydrogen-bond donors (Lipinski definition) is 0. The standard InChI is InChI=1S/C9H16N2O3S/c1-8(12)10-5-9(6-10)3-4-11(7-9)15(2,13)14/h3-7H2,1-2H3.